The van der Waals surface area contributed by atoms with Crippen molar-refractivity contribution in [3.63, 3.8) is 0 Å². The first kappa shape index (κ1) is 16.0. The number of urea groups is 1. The van der Waals surface area contributed by atoms with Gasteiger partial charge in [0.15, 0.2) is 0 Å². The highest BCUT2D eigenvalue weighted by Gasteiger charge is 2.34. The molecule has 4 nitrogen and oxygen atoms in total. The van der Waals surface area contributed by atoms with Crippen LogP contribution in [-0.2, 0) is 6.42 Å². The molecule has 2 amide bonds. The molecule has 0 aliphatic carbocycles. The van der Waals surface area contributed by atoms with Crippen molar-refractivity contribution in [3.05, 3.63) is 59.7 Å². The number of anilines is 2. The Bertz CT molecular complexity index is 780. The molecule has 0 radical (unpaired) electrons. The molecule has 0 bridgehead atoms. The lowest BCUT2D eigenvalue weighted by Crippen LogP contribution is -2.54. The predicted octanol–water partition coefficient (Wildman–Crippen LogP) is 3.69. The van der Waals surface area contributed by atoms with Crippen LogP contribution in [0.15, 0.2) is 48.5 Å². The lowest BCUT2D eigenvalue weighted by atomic mass is 10.1. The molecule has 1 unspecified atom stereocenters. The summed E-state index contributed by atoms with van der Waals surface area (Å²) < 4.78 is 0. The van der Waals surface area contributed by atoms with Gasteiger partial charge >= 0.3 is 6.03 Å². The molecule has 2 heterocycles. The quantitative estimate of drug-likeness (QED) is 0.795. The summed E-state index contributed by atoms with van der Waals surface area (Å²) in [5, 5.41) is 0. The summed E-state index contributed by atoms with van der Waals surface area (Å²) in [6.07, 6.45) is 0.950. The average molecular weight is 335 g/mol. The van der Waals surface area contributed by atoms with Crippen LogP contribution in [-0.4, -0.2) is 43.2 Å². The van der Waals surface area contributed by atoms with E-state index in [2.05, 4.69) is 61.2 Å². The standard InChI is InChI=1S/C21H25N3O/c1-16-6-5-8-19(14-16)22-10-12-23(13-11-22)21(25)24-17(2)15-18-7-3-4-9-20(18)24/h3-9,14,17H,10-13,15H2,1-2H3. The van der Waals surface area contributed by atoms with Crippen molar-refractivity contribution < 1.29 is 4.79 Å². The topological polar surface area (TPSA) is 26.8 Å². The molecular formula is C21H25N3O. The number of benzene rings is 2. The number of piperazine rings is 1. The molecule has 2 aliphatic rings. The zero-order valence-corrected chi connectivity index (χ0v) is 15.0. The summed E-state index contributed by atoms with van der Waals surface area (Å²) in [6, 6.07) is 17.3. The highest BCUT2D eigenvalue weighted by atomic mass is 16.2. The fourth-order valence-corrected chi connectivity index (χ4v) is 3.99. The normalized spacial score (nSPS) is 19.9. The minimum absolute atomic E-state index is 0.154. The predicted molar refractivity (Wildman–Crippen MR) is 102 cm³/mol. The summed E-state index contributed by atoms with van der Waals surface area (Å²) in [5.41, 5.74) is 4.90. The highest BCUT2D eigenvalue weighted by Crippen LogP contribution is 2.33. The third-order valence-corrected chi connectivity index (χ3v) is 5.33. The van der Waals surface area contributed by atoms with E-state index in [9.17, 15) is 4.79 Å². The van der Waals surface area contributed by atoms with E-state index in [4.69, 9.17) is 0 Å². The number of nitrogens with zero attached hydrogens (tertiary/aromatic N) is 3. The van der Waals surface area contributed by atoms with Crippen molar-refractivity contribution in [2.75, 3.05) is 36.0 Å². The maximum absolute atomic E-state index is 13.1. The molecule has 4 heteroatoms. The lowest BCUT2D eigenvalue weighted by molar-refractivity contribution is 0.199. The van der Waals surface area contributed by atoms with Crippen molar-refractivity contribution in [2.24, 2.45) is 0 Å². The minimum Gasteiger partial charge on any atom is -0.368 e. The number of carbonyl (C=O) groups is 1. The van der Waals surface area contributed by atoms with Gasteiger partial charge in [-0.1, -0.05) is 30.3 Å². The number of amides is 2. The Kier molecular flexibility index (Phi) is 4.12. The second-order valence-corrected chi connectivity index (χ2v) is 7.15. The molecule has 2 aliphatic heterocycles. The monoisotopic (exact) mass is 335 g/mol. The summed E-state index contributed by atoms with van der Waals surface area (Å²) in [4.78, 5) is 19.5. The van der Waals surface area contributed by atoms with Crippen LogP contribution in [0.3, 0.4) is 0 Å². The van der Waals surface area contributed by atoms with E-state index < -0.39 is 0 Å². The minimum atomic E-state index is 0.154. The van der Waals surface area contributed by atoms with E-state index >= 15 is 0 Å². The maximum atomic E-state index is 13.1. The fraction of sp³-hybridized carbons (Fsp3) is 0.381. The van der Waals surface area contributed by atoms with Crippen molar-refractivity contribution >= 4 is 17.4 Å². The number of hydrogen-bond acceptors (Lipinski definition) is 2. The van der Waals surface area contributed by atoms with Gasteiger partial charge in [-0.15, -0.1) is 0 Å². The van der Waals surface area contributed by atoms with Crippen LogP contribution in [0.1, 0.15) is 18.1 Å². The SMILES string of the molecule is Cc1cccc(N2CCN(C(=O)N3c4ccccc4CC3C)CC2)c1. The van der Waals surface area contributed by atoms with Gasteiger partial charge in [0.05, 0.1) is 0 Å². The highest BCUT2D eigenvalue weighted by molar-refractivity contribution is 5.95. The summed E-state index contributed by atoms with van der Waals surface area (Å²) in [5.74, 6) is 0. The van der Waals surface area contributed by atoms with Gasteiger partial charge in [0, 0.05) is 43.6 Å². The Balaban J connectivity index is 1.45. The van der Waals surface area contributed by atoms with Gasteiger partial charge in [0.2, 0.25) is 0 Å². The first-order valence-corrected chi connectivity index (χ1v) is 9.11. The van der Waals surface area contributed by atoms with Crippen LogP contribution < -0.4 is 9.80 Å². The summed E-state index contributed by atoms with van der Waals surface area (Å²) in [7, 11) is 0. The molecule has 1 fully saturated rings. The molecule has 1 atom stereocenters. The van der Waals surface area contributed by atoms with E-state index in [1.54, 1.807) is 0 Å². The molecule has 2 aromatic carbocycles. The van der Waals surface area contributed by atoms with E-state index in [0.29, 0.717) is 0 Å². The Morgan fingerprint density at radius 1 is 1.00 bits per heavy atom. The molecule has 0 spiro atoms. The first-order chi connectivity index (χ1) is 12.1. The molecule has 4 rings (SSSR count). The lowest BCUT2D eigenvalue weighted by Gasteiger charge is -2.38. The van der Waals surface area contributed by atoms with Gasteiger partial charge in [0.25, 0.3) is 0 Å². The van der Waals surface area contributed by atoms with E-state index in [1.807, 2.05) is 15.9 Å². The Hall–Kier alpha value is -2.49. The molecule has 130 valence electrons. The number of carbonyl (C=O) groups excluding carboxylic acids is 1. The third kappa shape index (κ3) is 2.97. The van der Waals surface area contributed by atoms with Gasteiger partial charge in [-0.2, -0.15) is 0 Å². The fourth-order valence-electron chi connectivity index (χ4n) is 3.99. The third-order valence-electron chi connectivity index (χ3n) is 5.33. The molecule has 0 aromatic heterocycles. The van der Waals surface area contributed by atoms with Crippen LogP contribution >= 0.6 is 0 Å². The Morgan fingerprint density at radius 3 is 2.52 bits per heavy atom. The molecule has 2 aromatic rings. The van der Waals surface area contributed by atoms with Gasteiger partial charge < -0.3 is 9.80 Å². The van der Waals surface area contributed by atoms with E-state index in [1.165, 1.54) is 16.8 Å². The van der Waals surface area contributed by atoms with Crippen LogP contribution in [0.2, 0.25) is 0 Å². The van der Waals surface area contributed by atoms with Gasteiger partial charge in [-0.25, -0.2) is 4.79 Å². The number of aryl methyl sites for hydroxylation is 1. The summed E-state index contributed by atoms with van der Waals surface area (Å²) >= 11 is 0. The average Bonchev–Trinajstić information content (AvgIpc) is 2.97. The second-order valence-electron chi connectivity index (χ2n) is 7.15. The van der Waals surface area contributed by atoms with Crippen LogP contribution in [0, 0.1) is 6.92 Å². The van der Waals surface area contributed by atoms with Crippen molar-refractivity contribution in [2.45, 2.75) is 26.3 Å². The Morgan fingerprint density at radius 2 is 1.76 bits per heavy atom. The second kappa shape index (κ2) is 6.43. The van der Waals surface area contributed by atoms with E-state index in [0.717, 1.165) is 38.3 Å². The van der Waals surface area contributed by atoms with Crippen LogP contribution in [0.4, 0.5) is 16.2 Å². The Labute approximate surface area is 149 Å². The number of hydrogen-bond donors (Lipinski definition) is 0. The van der Waals surface area contributed by atoms with Crippen LogP contribution in [0.5, 0.6) is 0 Å². The van der Waals surface area contributed by atoms with Gasteiger partial charge in [-0.3, -0.25) is 4.90 Å². The van der Waals surface area contributed by atoms with Crippen molar-refractivity contribution in [1.29, 1.82) is 0 Å². The smallest absolute Gasteiger partial charge is 0.324 e. The van der Waals surface area contributed by atoms with E-state index in [-0.39, 0.29) is 12.1 Å². The largest absolute Gasteiger partial charge is 0.368 e. The molecule has 0 saturated carbocycles. The maximum Gasteiger partial charge on any atom is 0.324 e. The van der Waals surface area contributed by atoms with Crippen LogP contribution in [0.25, 0.3) is 0 Å². The molecule has 0 N–H and O–H groups in total. The van der Waals surface area contributed by atoms with Crippen molar-refractivity contribution in [3.8, 4) is 0 Å². The van der Waals surface area contributed by atoms with Crippen molar-refractivity contribution in [1.82, 2.24) is 4.90 Å². The molecule has 1 saturated heterocycles. The number of para-hydroxylation sites is 1. The molecular weight excluding hydrogens is 310 g/mol. The first-order valence-electron chi connectivity index (χ1n) is 9.11. The summed E-state index contributed by atoms with van der Waals surface area (Å²) in [6.45, 7) is 7.59. The number of fused-ring (bicyclic) bond motifs is 1. The van der Waals surface area contributed by atoms with Gasteiger partial charge in [-0.05, 0) is 49.6 Å². The number of rotatable bonds is 1. The van der Waals surface area contributed by atoms with Gasteiger partial charge in [0.1, 0.15) is 0 Å². The zero-order chi connectivity index (χ0) is 17.4. The molecule has 25 heavy (non-hydrogen) atoms. The zero-order valence-electron chi connectivity index (χ0n) is 15.0.